The van der Waals surface area contributed by atoms with Gasteiger partial charge in [-0.1, -0.05) is 44.4 Å². The molecule has 0 atom stereocenters. The predicted octanol–water partition coefficient (Wildman–Crippen LogP) is 10.3. The van der Waals surface area contributed by atoms with E-state index in [-0.39, 0.29) is 25.5 Å². The van der Waals surface area contributed by atoms with Crippen LogP contribution >= 0.6 is 0 Å². The summed E-state index contributed by atoms with van der Waals surface area (Å²) >= 11 is -1.87. The Balaban J connectivity index is 0.000000181. The molecule has 0 aliphatic heterocycles. The second kappa shape index (κ2) is 14.6. The monoisotopic (exact) mass is 862 g/mol. The summed E-state index contributed by atoms with van der Waals surface area (Å²) in [5.74, 6) is 8.31. The van der Waals surface area contributed by atoms with Crippen LogP contribution in [0.1, 0.15) is 63.3 Å². The molecule has 4 heterocycles. The van der Waals surface area contributed by atoms with Crippen LogP contribution in [0.15, 0.2) is 83.5 Å². The molecule has 47 heavy (non-hydrogen) atoms. The Bertz CT molecular complexity index is 1970. The zero-order valence-electron chi connectivity index (χ0n) is 28.7. The van der Waals surface area contributed by atoms with Crippen LogP contribution in [-0.2, 0) is 31.9 Å². The maximum absolute atomic E-state index is 5.93. The van der Waals surface area contributed by atoms with E-state index in [9.17, 15) is 0 Å². The van der Waals surface area contributed by atoms with Crippen LogP contribution in [0, 0.1) is 25.0 Å². The fourth-order valence-electron chi connectivity index (χ4n) is 6.54. The van der Waals surface area contributed by atoms with Gasteiger partial charge in [0, 0.05) is 37.4 Å². The Morgan fingerprint density at radius 3 is 2.38 bits per heavy atom. The average Bonchev–Trinajstić information content (AvgIpc) is 3.68. The molecule has 1 radical (unpaired) electrons. The number of furan rings is 1. The molecule has 245 valence electrons. The molecule has 0 spiro atoms. The number of hydrogen-bond donors (Lipinski definition) is 0. The number of benzene rings is 2. The number of aryl methyl sites for hydroxylation is 1. The normalized spacial score (nSPS) is 13.8. The maximum Gasteiger partial charge on any atom is 0 e. The van der Waals surface area contributed by atoms with Gasteiger partial charge in [-0.2, -0.15) is 0 Å². The minimum Gasteiger partial charge on any atom is 0 e. The van der Waals surface area contributed by atoms with E-state index in [1.54, 1.807) is 9.96 Å². The Morgan fingerprint density at radius 2 is 1.68 bits per heavy atom. The van der Waals surface area contributed by atoms with E-state index in [0.717, 1.165) is 50.5 Å². The molecule has 6 aromatic rings. The van der Waals surface area contributed by atoms with Gasteiger partial charge in [-0.3, -0.25) is 0 Å². The van der Waals surface area contributed by atoms with Gasteiger partial charge in [0.25, 0.3) is 0 Å². The fourth-order valence-corrected chi connectivity index (χ4v) is 9.87. The molecule has 6 heteroatoms. The van der Waals surface area contributed by atoms with Gasteiger partial charge in [-0.25, -0.2) is 4.98 Å². The van der Waals surface area contributed by atoms with E-state index in [1.165, 1.54) is 37.7 Å². The summed E-state index contributed by atoms with van der Waals surface area (Å²) < 4.78 is 7.52. The topological polar surface area (TPSA) is 51.8 Å². The van der Waals surface area contributed by atoms with E-state index in [1.807, 2.05) is 43.5 Å². The van der Waals surface area contributed by atoms with Crippen molar-refractivity contribution in [1.82, 2.24) is 15.0 Å². The van der Waals surface area contributed by atoms with Crippen LogP contribution in [0.25, 0.3) is 44.6 Å². The summed E-state index contributed by atoms with van der Waals surface area (Å²) in [4.78, 5) is 13.9. The predicted molar refractivity (Wildman–Crippen MR) is 194 cm³/mol. The standard InChI is InChI=1S/C21H19N2O.C20H26GeN.Ir/c1-13-8-9-16-19-15(6-5-7-18(19)24-20(16)23-13)17-12-14(10-11-22-17)21(2,3)4;1-21(2,3)19-15-22-20(17-11-5-4-6-12-17)14-18(19)13-16-9-7-8-10-16;/h5,7-12H,1-4H3;4-6,11,14-16H,7-10,13H2,1-3H3;/q2*-1;. The second-order valence-electron chi connectivity index (χ2n) is 14.8. The van der Waals surface area contributed by atoms with Crippen LogP contribution < -0.4 is 4.40 Å². The molecule has 0 bridgehead atoms. The van der Waals surface area contributed by atoms with Gasteiger partial charge in [0.15, 0.2) is 0 Å². The van der Waals surface area contributed by atoms with E-state index >= 15 is 0 Å². The molecule has 1 aliphatic carbocycles. The summed E-state index contributed by atoms with van der Waals surface area (Å²) in [6.45, 7) is 8.58. The van der Waals surface area contributed by atoms with E-state index in [0.29, 0.717) is 5.71 Å². The summed E-state index contributed by atoms with van der Waals surface area (Å²) in [7, 11) is 0. The smallest absolute Gasteiger partial charge is 0 e. The first-order valence-electron chi connectivity index (χ1n) is 16.6. The molecule has 0 N–H and O–H groups in total. The first-order valence-corrected chi connectivity index (χ1v) is 24.0. The summed E-state index contributed by atoms with van der Waals surface area (Å²) in [6.07, 6.45) is 11.0. The van der Waals surface area contributed by atoms with Crippen LogP contribution in [-0.4, -0.2) is 28.2 Å². The van der Waals surface area contributed by atoms with Gasteiger partial charge in [0.1, 0.15) is 0 Å². The van der Waals surface area contributed by atoms with Gasteiger partial charge in [-0.15, -0.1) is 17.7 Å². The summed E-state index contributed by atoms with van der Waals surface area (Å²) in [6, 6.07) is 29.3. The van der Waals surface area contributed by atoms with Crippen molar-refractivity contribution < 1.29 is 24.5 Å². The number of hydrogen-bond acceptors (Lipinski definition) is 4. The molecule has 1 aliphatic rings. The molecular formula is C41H45GeIrN3O-2. The number of rotatable bonds is 5. The summed E-state index contributed by atoms with van der Waals surface area (Å²) in [5, 5.41) is 2.03. The van der Waals surface area contributed by atoms with Crippen molar-refractivity contribution in [2.45, 2.75) is 82.5 Å². The first-order chi connectivity index (χ1) is 22.0. The molecule has 7 rings (SSSR count). The zero-order chi connectivity index (χ0) is 32.5. The third-order valence-corrected chi connectivity index (χ3v) is 13.4. The van der Waals surface area contributed by atoms with E-state index in [2.05, 4.69) is 103 Å². The maximum atomic E-state index is 5.93. The van der Waals surface area contributed by atoms with Crippen molar-refractivity contribution in [2.24, 2.45) is 5.92 Å². The molecule has 4 aromatic heterocycles. The van der Waals surface area contributed by atoms with Gasteiger partial charge in [0.2, 0.25) is 5.71 Å². The second-order valence-corrected chi connectivity index (χ2v) is 25.4. The summed E-state index contributed by atoms with van der Waals surface area (Å²) in [5.41, 5.74) is 9.40. The van der Waals surface area contributed by atoms with Crippen molar-refractivity contribution in [1.29, 1.82) is 0 Å². The molecule has 2 aromatic carbocycles. The van der Waals surface area contributed by atoms with Crippen molar-refractivity contribution in [3.05, 3.63) is 108 Å². The largest absolute Gasteiger partial charge is 0 e. The average molecular weight is 861 g/mol. The molecule has 4 nitrogen and oxygen atoms in total. The van der Waals surface area contributed by atoms with Crippen LogP contribution in [0.5, 0.6) is 0 Å². The van der Waals surface area contributed by atoms with Crippen LogP contribution in [0.4, 0.5) is 0 Å². The number of nitrogens with zero attached hydrogens (tertiary/aromatic N) is 3. The third kappa shape index (κ3) is 8.13. The Labute approximate surface area is 296 Å². The van der Waals surface area contributed by atoms with Crippen molar-refractivity contribution in [3.63, 3.8) is 0 Å². The molecule has 1 fully saturated rings. The molecule has 0 saturated heterocycles. The molecule has 1 saturated carbocycles. The minimum atomic E-state index is -1.87. The zero-order valence-corrected chi connectivity index (χ0v) is 33.2. The van der Waals surface area contributed by atoms with Crippen molar-refractivity contribution in [2.75, 3.05) is 0 Å². The molecular weight excluding hydrogens is 815 g/mol. The van der Waals surface area contributed by atoms with E-state index < -0.39 is 13.3 Å². The molecule has 0 unspecified atom stereocenters. The van der Waals surface area contributed by atoms with Crippen molar-refractivity contribution in [3.8, 4) is 22.5 Å². The van der Waals surface area contributed by atoms with E-state index in [4.69, 9.17) is 9.40 Å². The number of fused-ring (bicyclic) bond motifs is 3. The number of pyridine rings is 3. The SMILES string of the molecule is Cc1ccc2c(n1)oc1cc[c-]c(-c3cc(C(C)(C)C)ccn3)c12.[CH3][Ge]([CH3])([CH3])[c]1cnc(-c2[c-]cccc2)cc1CC1CCCC1.[Ir]. The van der Waals surface area contributed by atoms with Gasteiger partial charge in [-0.05, 0) is 35.7 Å². The minimum absolute atomic E-state index is 0. The fraction of sp³-hybridized carbons (Fsp3) is 0.341. The Morgan fingerprint density at radius 1 is 0.894 bits per heavy atom. The quantitative estimate of drug-likeness (QED) is 0.128. The first kappa shape index (κ1) is 35.2. The van der Waals surface area contributed by atoms with Gasteiger partial charge in [0.05, 0.1) is 5.58 Å². The van der Waals surface area contributed by atoms with Crippen LogP contribution in [0.2, 0.25) is 17.3 Å². The molecule has 0 amide bonds. The Hall–Kier alpha value is -3.12. The van der Waals surface area contributed by atoms with Gasteiger partial charge >= 0.3 is 137 Å². The third-order valence-electron chi connectivity index (χ3n) is 9.08. The Kier molecular flexibility index (Phi) is 10.9. The van der Waals surface area contributed by atoms with Crippen molar-refractivity contribution >= 4 is 39.7 Å². The number of aromatic nitrogens is 3. The van der Waals surface area contributed by atoms with Crippen LogP contribution in [0.3, 0.4) is 0 Å². The van der Waals surface area contributed by atoms with Gasteiger partial charge < -0.3 is 9.40 Å².